The van der Waals surface area contributed by atoms with Crippen LogP contribution in [0, 0.1) is 11.7 Å². The number of carbonyl (C=O) groups excluding carboxylic acids is 2. The molecule has 0 aliphatic carbocycles. The van der Waals surface area contributed by atoms with Crippen molar-refractivity contribution < 1.29 is 18.7 Å². The van der Waals surface area contributed by atoms with Crippen LogP contribution >= 0.6 is 11.6 Å². The van der Waals surface area contributed by atoms with Crippen LogP contribution in [0.1, 0.15) is 12.0 Å². The van der Waals surface area contributed by atoms with Crippen LogP contribution in [0.15, 0.2) is 48.5 Å². The molecule has 1 heterocycles. The minimum atomic E-state index is -0.566. The maximum Gasteiger partial charge on any atom is 0.311 e. The summed E-state index contributed by atoms with van der Waals surface area (Å²) in [6.45, 7) is 0.00700. The summed E-state index contributed by atoms with van der Waals surface area (Å²) in [7, 11) is 0. The van der Waals surface area contributed by atoms with E-state index in [1.54, 1.807) is 4.90 Å². The number of nitrogens with zero attached hydrogens (tertiary/aromatic N) is 1. The third kappa shape index (κ3) is 3.41. The molecule has 6 heteroatoms. The molecule has 0 radical (unpaired) electrons. The molecule has 0 aromatic heterocycles. The number of benzene rings is 2. The summed E-state index contributed by atoms with van der Waals surface area (Å²) < 4.78 is 18.8. The normalized spacial score (nSPS) is 17.2. The van der Waals surface area contributed by atoms with Crippen molar-refractivity contribution in [2.45, 2.75) is 13.0 Å². The van der Waals surface area contributed by atoms with E-state index in [9.17, 15) is 14.0 Å². The quantitative estimate of drug-likeness (QED) is 0.794. The molecule has 1 aliphatic heterocycles. The number of amides is 1. The number of hydrogen-bond acceptors (Lipinski definition) is 3. The second kappa shape index (κ2) is 7.01. The van der Waals surface area contributed by atoms with Crippen LogP contribution in [0.2, 0.25) is 5.02 Å². The zero-order valence-electron chi connectivity index (χ0n) is 12.7. The number of hydrogen-bond donors (Lipinski definition) is 0. The SMILES string of the molecule is O=C(OCc1c(F)cccc1Cl)[C@@H]1CC(=O)N(c2ccccc2)C1. The van der Waals surface area contributed by atoms with E-state index in [0.717, 1.165) is 5.69 Å². The Morgan fingerprint density at radius 2 is 1.96 bits per heavy atom. The van der Waals surface area contributed by atoms with Gasteiger partial charge >= 0.3 is 5.97 Å². The van der Waals surface area contributed by atoms with E-state index in [1.165, 1.54) is 18.2 Å². The summed E-state index contributed by atoms with van der Waals surface area (Å²) in [6, 6.07) is 13.4. The van der Waals surface area contributed by atoms with Gasteiger partial charge in [0.05, 0.1) is 10.9 Å². The van der Waals surface area contributed by atoms with Gasteiger partial charge in [-0.05, 0) is 24.3 Å². The third-order valence-electron chi connectivity index (χ3n) is 3.95. The van der Waals surface area contributed by atoms with Gasteiger partial charge in [0.25, 0.3) is 0 Å². The second-order valence-electron chi connectivity index (χ2n) is 5.55. The first kappa shape index (κ1) is 16.5. The Morgan fingerprint density at radius 3 is 2.67 bits per heavy atom. The van der Waals surface area contributed by atoms with Crippen LogP contribution in [-0.4, -0.2) is 18.4 Å². The fourth-order valence-corrected chi connectivity index (χ4v) is 2.87. The van der Waals surface area contributed by atoms with Crippen LogP contribution in [0.4, 0.5) is 10.1 Å². The van der Waals surface area contributed by atoms with Gasteiger partial charge in [-0.1, -0.05) is 35.9 Å². The molecule has 2 aromatic rings. The minimum absolute atomic E-state index is 0.0821. The molecule has 0 bridgehead atoms. The summed E-state index contributed by atoms with van der Waals surface area (Å²) in [4.78, 5) is 25.9. The summed E-state index contributed by atoms with van der Waals surface area (Å²) in [6.07, 6.45) is 0.0821. The monoisotopic (exact) mass is 347 g/mol. The second-order valence-corrected chi connectivity index (χ2v) is 5.96. The topological polar surface area (TPSA) is 46.6 Å². The highest BCUT2D eigenvalue weighted by atomic mass is 35.5. The molecule has 124 valence electrons. The van der Waals surface area contributed by atoms with Gasteiger partial charge in [-0.3, -0.25) is 9.59 Å². The lowest BCUT2D eigenvalue weighted by Gasteiger charge is -2.16. The van der Waals surface area contributed by atoms with E-state index in [1.807, 2.05) is 30.3 Å². The van der Waals surface area contributed by atoms with Crippen molar-refractivity contribution in [3.8, 4) is 0 Å². The molecule has 1 atom stereocenters. The van der Waals surface area contributed by atoms with Gasteiger partial charge in [0.15, 0.2) is 0 Å². The van der Waals surface area contributed by atoms with E-state index >= 15 is 0 Å². The van der Waals surface area contributed by atoms with Crippen molar-refractivity contribution in [1.82, 2.24) is 0 Å². The fourth-order valence-electron chi connectivity index (χ4n) is 2.65. The number of rotatable bonds is 4. The number of anilines is 1. The molecule has 1 aliphatic rings. The molecule has 24 heavy (non-hydrogen) atoms. The van der Waals surface area contributed by atoms with E-state index in [4.69, 9.17) is 16.3 Å². The first-order valence-electron chi connectivity index (χ1n) is 7.51. The molecule has 0 saturated carbocycles. The number of halogens is 2. The van der Waals surface area contributed by atoms with Crippen LogP contribution in [0.25, 0.3) is 0 Å². The third-order valence-corrected chi connectivity index (χ3v) is 4.30. The standard InChI is InChI=1S/C18H15ClFNO3/c19-15-7-4-8-16(20)14(15)11-24-18(23)12-9-17(22)21(10-12)13-5-2-1-3-6-13/h1-8,12H,9-11H2/t12-/m1/s1. The van der Waals surface area contributed by atoms with Crippen molar-refractivity contribution in [3.63, 3.8) is 0 Å². The highest BCUT2D eigenvalue weighted by Crippen LogP contribution is 2.26. The van der Waals surface area contributed by atoms with Crippen molar-refractivity contribution in [2.75, 3.05) is 11.4 Å². The Hall–Kier alpha value is -2.40. The zero-order valence-corrected chi connectivity index (χ0v) is 13.5. The Morgan fingerprint density at radius 1 is 1.21 bits per heavy atom. The van der Waals surface area contributed by atoms with Gasteiger partial charge in [-0.2, -0.15) is 0 Å². The molecule has 0 N–H and O–H groups in total. The van der Waals surface area contributed by atoms with Crippen LogP contribution in [-0.2, 0) is 20.9 Å². The number of para-hydroxylation sites is 1. The summed E-state index contributed by atoms with van der Waals surface area (Å²) in [5.41, 5.74) is 0.881. The van der Waals surface area contributed by atoms with Gasteiger partial charge < -0.3 is 9.64 Å². The van der Waals surface area contributed by atoms with Gasteiger partial charge in [0.1, 0.15) is 12.4 Å². The lowest BCUT2D eigenvalue weighted by Crippen LogP contribution is -2.26. The van der Waals surface area contributed by atoms with Gasteiger partial charge in [0, 0.05) is 24.2 Å². The van der Waals surface area contributed by atoms with Crippen LogP contribution < -0.4 is 4.90 Å². The van der Waals surface area contributed by atoms with Crippen LogP contribution in [0.3, 0.4) is 0 Å². The smallest absolute Gasteiger partial charge is 0.311 e. The van der Waals surface area contributed by atoms with Crippen molar-refractivity contribution in [1.29, 1.82) is 0 Å². The number of esters is 1. The first-order chi connectivity index (χ1) is 11.6. The maximum absolute atomic E-state index is 13.7. The molecule has 2 aromatic carbocycles. The minimum Gasteiger partial charge on any atom is -0.460 e. The fraction of sp³-hybridized carbons (Fsp3) is 0.222. The van der Waals surface area contributed by atoms with Crippen molar-refractivity contribution in [3.05, 3.63) is 64.9 Å². The lowest BCUT2D eigenvalue weighted by molar-refractivity contribution is -0.149. The Balaban J connectivity index is 1.63. The predicted octanol–water partition coefficient (Wildman–Crippen LogP) is 3.58. The summed E-state index contributed by atoms with van der Waals surface area (Å²) in [5.74, 6) is -1.75. The molecule has 1 amide bonds. The predicted molar refractivity (Wildman–Crippen MR) is 88.1 cm³/mol. The molecule has 0 unspecified atom stereocenters. The Labute approximate surface area is 143 Å². The highest BCUT2D eigenvalue weighted by Gasteiger charge is 2.36. The molecular formula is C18H15ClFNO3. The molecule has 1 fully saturated rings. The Bertz CT molecular complexity index is 746. The maximum atomic E-state index is 13.7. The molecular weight excluding hydrogens is 333 g/mol. The summed E-state index contributed by atoms with van der Waals surface area (Å²) >= 11 is 5.91. The highest BCUT2D eigenvalue weighted by molar-refractivity contribution is 6.31. The largest absolute Gasteiger partial charge is 0.460 e. The van der Waals surface area contributed by atoms with E-state index in [0.29, 0.717) is 0 Å². The van der Waals surface area contributed by atoms with Gasteiger partial charge in [0.2, 0.25) is 5.91 Å². The molecule has 4 nitrogen and oxygen atoms in total. The Kier molecular flexibility index (Phi) is 4.81. The van der Waals surface area contributed by atoms with Gasteiger partial charge in [-0.15, -0.1) is 0 Å². The van der Waals surface area contributed by atoms with Crippen molar-refractivity contribution in [2.24, 2.45) is 5.92 Å². The number of carbonyl (C=O) groups is 2. The molecule has 0 spiro atoms. The summed E-state index contributed by atoms with van der Waals surface area (Å²) in [5, 5.41) is 0.205. The van der Waals surface area contributed by atoms with Crippen LogP contribution in [0.5, 0.6) is 0 Å². The number of ether oxygens (including phenoxy) is 1. The van der Waals surface area contributed by atoms with Gasteiger partial charge in [-0.25, -0.2) is 4.39 Å². The molecule has 1 saturated heterocycles. The lowest BCUT2D eigenvalue weighted by atomic mass is 10.1. The average molecular weight is 348 g/mol. The van der Waals surface area contributed by atoms with E-state index in [2.05, 4.69) is 0 Å². The molecule has 3 rings (SSSR count). The van der Waals surface area contributed by atoms with Crippen molar-refractivity contribution >= 4 is 29.2 Å². The van der Waals surface area contributed by atoms with E-state index in [-0.39, 0.29) is 36.1 Å². The first-order valence-corrected chi connectivity index (χ1v) is 7.89. The average Bonchev–Trinajstić information content (AvgIpc) is 2.97. The zero-order chi connectivity index (χ0) is 17.1. The van der Waals surface area contributed by atoms with E-state index < -0.39 is 17.7 Å².